The molecule has 0 saturated carbocycles. The Balaban J connectivity index is 2.71. The molecule has 0 fully saturated rings. The highest BCUT2D eigenvalue weighted by atomic mass is 32.2. The molecule has 0 saturated heterocycles. The average molecular weight is 537 g/mol. The van der Waals surface area contributed by atoms with E-state index >= 15 is 0 Å². The van der Waals surface area contributed by atoms with Gasteiger partial charge in [-0.3, -0.25) is 9.59 Å². The zero-order valence-corrected chi connectivity index (χ0v) is 21.4. The van der Waals surface area contributed by atoms with Crippen molar-refractivity contribution in [2.24, 2.45) is 0 Å². The number of fused-ring (bicyclic) bond motifs is 1. The third-order valence-corrected chi connectivity index (χ3v) is 5.54. The Morgan fingerprint density at radius 2 is 1.56 bits per heavy atom. The second kappa shape index (κ2) is 10.8. The summed E-state index contributed by atoms with van der Waals surface area (Å²) < 4.78 is 89.1. The fraction of sp³-hybridized carbons (Fsp3) is 0.478. The maximum Gasteiger partial charge on any atom is 0.534 e. The Labute approximate surface area is 206 Å². The lowest BCUT2D eigenvalue weighted by Gasteiger charge is -2.20. The van der Waals surface area contributed by atoms with Crippen molar-refractivity contribution in [2.45, 2.75) is 58.1 Å². The van der Waals surface area contributed by atoms with E-state index in [2.05, 4.69) is 4.18 Å². The summed E-state index contributed by atoms with van der Waals surface area (Å²) in [5.41, 5.74) is -6.45. The number of carbonyl (C=O) groups excluding carboxylic acids is 2. The molecule has 0 aliphatic rings. The zero-order valence-electron chi connectivity index (χ0n) is 20.6. The number of esters is 2. The maximum atomic E-state index is 13.2. The Kier molecular flexibility index (Phi) is 8.71. The highest BCUT2D eigenvalue weighted by molar-refractivity contribution is 7.88. The SMILES string of the molecule is COc1cc(OC(C)=O)cc2c(OS(=O)(=O)C(F)(F)F)c(CCCC(=O)OC(C)(C)C)cc(OC)c12. The number of methoxy groups -OCH3 is 2. The lowest BCUT2D eigenvalue weighted by atomic mass is 9.99. The van der Waals surface area contributed by atoms with Crippen LogP contribution in [0.1, 0.15) is 46.1 Å². The van der Waals surface area contributed by atoms with Gasteiger partial charge in [0.15, 0.2) is 5.75 Å². The summed E-state index contributed by atoms with van der Waals surface area (Å²) in [4.78, 5) is 23.6. The maximum absolute atomic E-state index is 13.2. The van der Waals surface area contributed by atoms with Crippen LogP contribution in [0.15, 0.2) is 18.2 Å². The molecule has 0 amide bonds. The van der Waals surface area contributed by atoms with Gasteiger partial charge in [-0.05, 0) is 45.7 Å². The number of benzene rings is 2. The van der Waals surface area contributed by atoms with Gasteiger partial charge in [0.05, 0.1) is 19.6 Å². The van der Waals surface area contributed by atoms with E-state index in [1.54, 1.807) is 20.8 Å². The molecular weight excluding hydrogens is 509 g/mol. The third kappa shape index (κ3) is 7.15. The third-order valence-electron chi connectivity index (χ3n) is 4.59. The van der Waals surface area contributed by atoms with Gasteiger partial charge in [-0.2, -0.15) is 21.6 Å². The van der Waals surface area contributed by atoms with Crippen molar-refractivity contribution in [2.75, 3.05) is 14.2 Å². The van der Waals surface area contributed by atoms with Crippen LogP contribution in [0.2, 0.25) is 0 Å². The molecule has 0 aromatic heterocycles. The summed E-state index contributed by atoms with van der Waals surface area (Å²) in [6.07, 6.45) is -0.0823. The predicted octanol–water partition coefficient (Wildman–Crippen LogP) is 4.68. The van der Waals surface area contributed by atoms with Gasteiger partial charge in [0, 0.05) is 30.4 Å². The van der Waals surface area contributed by atoms with Gasteiger partial charge in [0.25, 0.3) is 0 Å². The number of carbonyl (C=O) groups is 2. The van der Waals surface area contributed by atoms with Gasteiger partial charge < -0.3 is 23.1 Å². The fourth-order valence-corrected chi connectivity index (χ4v) is 3.81. The van der Waals surface area contributed by atoms with E-state index in [9.17, 15) is 31.2 Å². The van der Waals surface area contributed by atoms with E-state index in [0.29, 0.717) is 0 Å². The molecule has 0 bridgehead atoms. The van der Waals surface area contributed by atoms with Crippen LogP contribution in [-0.4, -0.2) is 45.7 Å². The minimum atomic E-state index is -6.09. The number of hydrogen-bond donors (Lipinski definition) is 0. The van der Waals surface area contributed by atoms with Crippen LogP contribution < -0.4 is 18.4 Å². The van der Waals surface area contributed by atoms with E-state index in [0.717, 1.165) is 13.0 Å². The summed E-state index contributed by atoms with van der Waals surface area (Å²) in [5.74, 6) is -1.93. The second-order valence-electron chi connectivity index (χ2n) is 8.63. The quantitative estimate of drug-likeness (QED) is 0.195. The Hall–Kier alpha value is -3.22. The highest BCUT2D eigenvalue weighted by Gasteiger charge is 2.49. The number of rotatable bonds is 9. The van der Waals surface area contributed by atoms with E-state index in [4.69, 9.17) is 18.9 Å². The van der Waals surface area contributed by atoms with Gasteiger partial charge in [0.1, 0.15) is 22.8 Å². The minimum Gasteiger partial charge on any atom is -0.496 e. The molecule has 2 aromatic carbocycles. The molecule has 0 heterocycles. The van der Waals surface area contributed by atoms with Crippen molar-refractivity contribution in [3.05, 3.63) is 23.8 Å². The lowest BCUT2D eigenvalue weighted by molar-refractivity contribution is -0.154. The van der Waals surface area contributed by atoms with Crippen LogP contribution in [0, 0.1) is 0 Å². The molecule has 0 unspecified atom stereocenters. The van der Waals surface area contributed by atoms with E-state index in [1.165, 1.54) is 26.4 Å². The minimum absolute atomic E-state index is 0.00207. The molecule has 0 atom stereocenters. The summed E-state index contributed by atoms with van der Waals surface area (Å²) in [7, 11) is -3.53. The molecule has 13 heteroatoms. The normalized spacial score (nSPS) is 12.2. The second-order valence-corrected chi connectivity index (χ2v) is 10.2. The summed E-state index contributed by atoms with van der Waals surface area (Å²) in [6.45, 7) is 6.15. The van der Waals surface area contributed by atoms with Crippen molar-refractivity contribution in [1.82, 2.24) is 0 Å². The van der Waals surface area contributed by atoms with Crippen molar-refractivity contribution >= 4 is 32.8 Å². The van der Waals surface area contributed by atoms with Crippen LogP contribution in [-0.2, 0) is 30.9 Å². The summed E-state index contributed by atoms with van der Waals surface area (Å²) >= 11 is 0. The Bertz CT molecular complexity index is 1250. The number of ether oxygens (including phenoxy) is 4. The fourth-order valence-electron chi connectivity index (χ4n) is 3.30. The van der Waals surface area contributed by atoms with Gasteiger partial charge in [-0.1, -0.05) is 0 Å². The first-order chi connectivity index (χ1) is 16.5. The Morgan fingerprint density at radius 1 is 0.972 bits per heavy atom. The number of alkyl halides is 3. The van der Waals surface area contributed by atoms with E-state index in [1.807, 2.05) is 0 Å². The molecule has 0 radical (unpaired) electrons. The van der Waals surface area contributed by atoms with Gasteiger partial charge in [0.2, 0.25) is 0 Å². The summed E-state index contributed by atoms with van der Waals surface area (Å²) in [6, 6.07) is 3.73. The molecule has 0 aliphatic carbocycles. The molecule has 200 valence electrons. The van der Waals surface area contributed by atoms with Crippen molar-refractivity contribution < 1.29 is 54.3 Å². The van der Waals surface area contributed by atoms with Crippen LogP contribution in [0.4, 0.5) is 13.2 Å². The molecule has 2 rings (SSSR count). The monoisotopic (exact) mass is 536 g/mol. The molecular formula is C23H27F3O9S. The first kappa shape index (κ1) is 29.0. The van der Waals surface area contributed by atoms with Gasteiger partial charge >= 0.3 is 27.6 Å². The smallest absolute Gasteiger partial charge is 0.496 e. The van der Waals surface area contributed by atoms with Gasteiger partial charge in [-0.15, -0.1) is 0 Å². The highest BCUT2D eigenvalue weighted by Crippen LogP contribution is 2.46. The van der Waals surface area contributed by atoms with E-state index < -0.39 is 38.9 Å². The molecule has 36 heavy (non-hydrogen) atoms. The number of hydrogen-bond acceptors (Lipinski definition) is 9. The molecule has 2 aromatic rings. The zero-order chi connectivity index (χ0) is 27.5. The predicted molar refractivity (Wildman–Crippen MR) is 123 cm³/mol. The number of aryl methyl sites for hydroxylation is 1. The van der Waals surface area contributed by atoms with Crippen LogP contribution in [0.5, 0.6) is 23.0 Å². The lowest BCUT2D eigenvalue weighted by Crippen LogP contribution is -2.28. The summed E-state index contributed by atoms with van der Waals surface area (Å²) in [5, 5.41) is -0.0933. The first-order valence-corrected chi connectivity index (χ1v) is 12.0. The largest absolute Gasteiger partial charge is 0.534 e. The van der Waals surface area contributed by atoms with Gasteiger partial charge in [-0.25, -0.2) is 0 Å². The molecule has 0 aliphatic heterocycles. The molecule has 0 N–H and O–H groups in total. The van der Waals surface area contributed by atoms with E-state index in [-0.39, 0.29) is 52.8 Å². The molecule has 0 spiro atoms. The number of halogens is 3. The standard InChI is InChI=1S/C23H27F3O9S/c1-13(27)33-15-11-16-20(18(12-15)32-6)17(31-5)10-14(8-7-9-19(28)34-22(2,3)4)21(16)35-36(29,30)23(24,25)26/h10-12H,7-9H2,1-6H3. The average Bonchev–Trinajstić information content (AvgIpc) is 2.71. The van der Waals surface area contributed by atoms with Crippen LogP contribution in [0.25, 0.3) is 10.8 Å². The topological polar surface area (TPSA) is 114 Å². The van der Waals surface area contributed by atoms with Crippen LogP contribution >= 0.6 is 0 Å². The van der Waals surface area contributed by atoms with Crippen molar-refractivity contribution in [3.8, 4) is 23.0 Å². The van der Waals surface area contributed by atoms with Crippen molar-refractivity contribution in [1.29, 1.82) is 0 Å². The van der Waals surface area contributed by atoms with Crippen molar-refractivity contribution in [3.63, 3.8) is 0 Å². The first-order valence-electron chi connectivity index (χ1n) is 10.6. The van der Waals surface area contributed by atoms with Crippen LogP contribution in [0.3, 0.4) is 0 Å². The molecule has 9 nitrogen and oxygen atoms in total. The Morgan fingerprint density at radius 3 is 2.06 bits per heavy atom.